The summed E-state index contributed by atoms with van der Waals surface area (Å²) < 4.78 is 5.63. The van der Waals surface area contributed by atoms with Crippen LogP contribution in [0.4, 0.5) is 5.69 Å². The van der Waals surface area contributed by atoms with Gasteiger partial charge in [0.2, 0.25) is 5.78 Å². The highest BCUT2D eigenvalue weighted by atomic mass is 79.9. The van der Waals surface area contributed by atoms with E-state index in [4.69, 9.17) is 4.74 Å². The Morgan fingerprint density at radius 2 is 1.95 bits per heavy atom. The quantitative estimate of drug-likeness (QED) is 0.348. The Balaban J connectivity index is 2.06. The number of para-hydroxylation sites is 1. The molecule has 0 spiro atoms. The van der Waals surface area contributed by atoms with Gasteiger partial charge in [-0.05, 0) is 34.1 Å². The highest BCUT2D eigenvalue weighted by Crippen LogP contribution is 2.23. The fourth-order valence-electron chi connectivity index (χ4n) is 1.55. The van der Waals surface area contributed by atoms with Crippen LogP contribution in [0.1, 0.15) is 20.0 Å². The molecule has 0 aliphatic carbocycles. The van der Waals surface area contributed by atoms with Crippen molar-refractivity contribution in [3.8, 4) is 0 Å². The molecule has 1 aromatic carbocycles. The van der Waals surface area contributed by atoms with Gasteiger partial charge >= 0.3 is 5.97 Å². The molecule has 0 aliphatic rings. The summed E-state index contributed by atoms with van der Waals surface area (Å²) in [6, 6.07) is 8.74. The second-order valence-corrected chi connectivity index (χ2v) is 6.34. The molecule has 0 saturated carbocycles. The number of rotatable bonds is 5. The number of hydrogen-bond donors (Lipinski definition) is 0. The molecule has 6 nitrogen and oxygen atoms in total. The topological polar surface area (TPSA) is 86.5 Å². The Morgan fingerprint density at radius 1 is 1.24 bits per heavy atom. The van der Waals surface area contributed by atoms with Gasteiger partial charge in [0.05, 0.1) is 13.6 Å². The summed E-state index contributed by atoms with van der Waals surface area (Å²) in [5.74, 6) is -1.26. The van der Waals surface area contributed by atoms with Gasteiger partial charge in [0, 0.05) is 6.07 Å². The number of benzene rings is 1. The van der Waals surface area contributed by atoms with E-state index in [1.807, 2.05) is 0 Å². The van der Waals surface area contributed by atoms with E-state index in [1.165, 1.54) is 35.6 Å². The van der Waals surface area contributed by atoms with Gasteiger partial charge in [0.15, 0.2) is 6.61 Å². The molecule has 0 aliphatic heterocycles. The Bertz CT molecular complexity index is 712. The second-order valence-electron chi connectivity index (χ2n) is 3.88. The van der Waals surface area contributed by atoms with Crippen LogP contribution in [0.5, 0.6) is 0 Å². The molecular formula is C13H8BrNO5S. The predicted octanol–water partition coefficient (Wildman–Crippen LogP) is 3.46. The number of Topliss-reactive ketones (excluding diaryl/α,β-unsaturated/α-hetero) is 1. The lowest BCUT2D eigenvalue weighted by atomic mass is 10.2. The SMILES string of the molecule is O=C(COC(=O)c1ccccc1[N+](=O)[O-])c1ccc(Br)s1. The highest BCUT2D eigenvalue weighted by molar-refractivity contribution is 9.11. The molecule has 0 radical (unpaired) electrons. The van der Waals surface area contributed by atoms with Crippen LogP contribution in [0, 0.1) is 10.1 Å². The maximum Gasteiger partial charge on any atom is 0.345 e. The van der Waals surface area contributed by atoms with Crippen LogP contribution in [0.3, 0.4) is 0 Å². The number of ketones is 1. The number of halogens is 1. The van der Waals surface area contributed by atoms with E-state index in [9.17, 15) is 19.7 Å². The maximum absolute atomic E-state index is 11.8. The van der Waals surface area contributed by atoms with Crippen molar-refractivity contribution in [3.63, 3.8) is 0 Å². The molecule has 0 bridgehead atoms. The average molecular weight is 370 g/mol. The molecule has 0 unspecified atom stereocenters. The molecule has 2 rings (SSSR count). The predicted molar refractivity (Wildman–Crippen MR) is 79.7 cm³/mol. The van der Waals surface area contributed by atoms with Crippen molar-refractivity contribution in [2.24, 2.45) is 0 Å². The first-order valence-corrected chi connectivity index (χ1v) is 7.29. The van der Waals surface area contributed by atoms with Crippen molar-refractivity contribution in [2.75, 3.05) is 6.61 Å². The molecule has 0 N–H and O–H groups in total. The van der Waals surface area contributed by atoms with Crippen LogP contribution in [-0.4, -0.2) is 23.3 Å². The fourth-order valence-corrected chi connectivity index (χ4v) is 2.86. The Kier molecular flexibility index (Phi) is 4.81. The van der Waals surface area contributed by atoms with Gasteiger partial charge in [-0.1, -0.05) is 12.1 Å². The molecule has 0 atom stereocenters. The number of carbonyl (C=O) groups excluding carboxylic acids is 2. The average Bonchev–Trinajstić information content (AvgIpc) is 2.91. The minimum Gasteiger partial charge on any atom is -0.453 e. The van der Waals surface area contributed by atoms with Gasteiger partial charge in [0.1, 0.15) is 5.56 Å². The standard InChI is InChI=1S/C13H8BrNO5S/c14-12-6-5-11(21-12)10(16)7-20-13(17)8-3-1-2-4-9(8)15(18)19/h1-6H,7H2. The van der Waals surface area contributed by atoms with Gasteiger partial charge in [-0.15, -0.1) is 11.3 Å². The van der Waals surface area contributed by atoms with E-state index < -0.39 is 17.5 Å². The number of carbonyl (C=O) groups is 2. The summed E-state index contributed by atoms with van der Waals surface area (Å²) in [5.41, 5.74) is -0.531. The van der Waals surface area contributed by atoms with Crippen molar-refractivity contribution < 1.29 is 19.2 Å². The monoisotopic (exact) mass is 369 g/mol. The Labute approximate surface area is 131 Å². The third-order valence-corrected chi connectivity index (χ3v) is 4.17. The van der Waals surface area contributed by atoms with Crippen LogP contribution >= 0.6 is 27.3 Å². The summed E-state index contributed by atoms with van der Waals surface area (Å²) in [5, 5.41) is 10.8. The number of hydrogen-bond acceptors (Lipinski definition) is 6. The van der Waals surface area contributed by atoms with Crippen molar-refractivity contribution in [1.29, 1.82) is 0 Å². The largest absolute Gasteiger partial charge is 0.453 e. The number of nitro groups is 1. The molecule has 1 heterocycles. The number of nitro benzene ring substituents is 1. The normalized spacial score (nSPS) is 10.1. The van der Waals surface area contributed by atoms with Crippen LogP contribution in [0.15, 0.2) is 40.2 Å². The second kappa shape index (κ2) is 6.59. The molecule has 108 valence electrons. The lowest BCUT2D eigenvalue weighted by Crippen LogP contribution is -2.14. The van der Waals surface area contributed by atoms with E-state index >= 15 is 0 Å². The van der Waals surface area contributed by atoms with E-state index in [2.05, 4.69) is 15.9 Å². The lowest BCUT2D eigenvalue weighted by molar-refractivity contribution is -0.385. The zero-order chi connectivity index (χ0) is 15.4. The van der Waals surface area contributed by atoms with Crippen molar-refractivity contribution >= 4 is 44.7 Å². The highest BCUT2D eigenvalue weighted by Gasteiger charge is 2.21. The van der Waals surface area contributed by atoms with E-state index in [0.29, 0.717) is 4.88 Å². The van der Waals surface area contributed by atoms with Crippen LogP contribution in [0.2, 0.25) is 0 Å². The molecular weight excluding hydrogens is 362 g/mol. The lowest BCUT2D eigenvalue weighted by Gasteiger charge is -2.03. The molecule has 2 aromatic rings. The van der Waals surface area contributed by atoms with Crippen LogP contribution in [0.25, 0.3) is 0 Å². The summed E-state index contributed by atoms with van der Waals surface area (Å²) in [4.78, 5) is 34.2. The van der Waals surface area contributed by atoms with Gasteiger partial charge in [-0.25, -0.2) is 4.79 Å². The first-order chi connectivity index (χ1) is 9.99. The summed E-state index contributed by atoms with van der Waals surface area (Å²) in [7, 11) is 0. The van der Waals surface area contributed by atoms with E-state index in [0.717, 1.165) is 3.79 Å². The zero-order valence-corrected chi connectivity index (χ0v) is 12.8. The van der Waals surface area contributed by atoms with Crippen molar-refractivity contribution in [2.45, 2.75) is 0 Å². The smallest absolute Gasteiger partial charge is 0.345 e. The number of esters is 1. The van der Waals surface area contributed by atoms with Crippen molar-refractivity contribution in [3.05, 3.63) is 60.7 Å². The summed E-state index contributed by atoms with van der Waals surface area (Å²) in [6.07, 6.45) is 0. The Hall–Kier alpha value is -2.06. The number of nitrogens with zero attached hydrogens (tertiary/aromatic N) is 1. The summed E-state index contributed by atoms with van der Waals surface area (Å²) in [6.45, 7) is -0.460. The molecule has 8 heteroatoms. The third kappa shape index (κ3) is 3.73. The third-order valence-electron chi connectivity index (χ3n) is 2.50. The van der Waals surface area contributed by atoms with Crippen molar-refractivity contribution in [1.82, 2.24) is 0 Å². The molecule has 1 aromatic heterocycles. The minimum atomic E-state index is -0.897. The minimum absolute atomic E-state index is 0.178. The molecule has 21 heavy (non-hydrogen) atoms. The van der Waals surface area contributed by atoms with Gasteiger partial charge in [0.25, 0.3) is 5.69 Å². The van der Waals surface area contributed by atoms with Crippen LogP contribution < -0.4 is 0 Å². The Morgan fingerprint density at radius 3 is 2.57 bits per heavy atom. The molecule has 0 fully saturated rings. The first kappa shape index (κ1) is 15.3. The van der Waals surface area contributed by atoms with Gasteiger partial charge in [-0.2, -0.15) is 0 Å². The fraction of sp³-hybridized carbons (Fsp3) is 0.0769. The molecule has 0 amide bonds. The number of ether oxygens (including phenoxy) is 1. The zero-order valence-electron chi connectivity index (χ0n) is 10.4. The van der Waals surface area contributed by atoms with Gasteiger partial charge in [-0.3, -0.25) is 14.9 Å². The van der Waals surface area contributed by atoms with Crippen LogP contribution in [-0.2, 0) is 4.74 Å². The maximum atomic E-state index is 11.8. The first-order valence-electron chi connectivity index (χ1n) is 5.68. The molecule has 0 saturated heterocycles. The summed E-state index contributed by atoms with van der Waals surface area (Å²) >= 11 is 4.45. The van der Waals surface area contributed by atoms with E-state index in [-0.39, 0.29) is 17.0 Å². The van der Waals surface area contributed by atoms with E-state index in [1.54, 1.807) is 12.1 Å². The van der Waals surface area contributed by atoms with Gasteiger partial charge < -0.3 is 4.74 Å². The number of thiophene rings is 1.